The Hall–Kier alpha value is -1.91. The van der Waals surface area contributed by atoms with Crippen LogP contribution in [-0.4, -0.2) is 20.2 Å². The second kappa shape index (κ2) is 3.10. The number of nitrogens with zero attached hydrogens (tertiary/aromatic N) is 3. The molecule has 2 aromatic heterocycles. The summed E-state index contributed by atoms with van der Waals surface area (Å²) in [4.78, 5) is 7.28. The van der Waals surface area contributed by atoms with E-state index in [0.29, 0.717) is 11.6 Å². The minimum absolute atomic E-state index is 0.383. The molecule has 5 heteroatoms. The van der Waals surface area contributed by atoms with Gasteiger partial charge in [0.1, 0.15) is 5.82 Å². The van der Waals surface area contributed by atoms with Gasteiger partial charge in [-0.3, -0.25) is 0 Å². The minimum atomic E-state index is 0.383. The van der Waals surface area contributed by atoms with Crippen molar-refractivity contribution >= 4 is 5.82 Å². The molecule has 3 N–H and O–H groups in total. The van der Waals surface area contributed by atoms with Crippen molar-refractivity contribution in [3.8, 4) is 11.4 Å². The van der Waals surface area contributed by atoms with Crippen LogP contribution in [-0.2, 0) is 0 Å². The number of aryl methyl sites for hydroxylation is 2. The fourth-order valence-corrected chi connectivity index (χ4v) is 1.39. The maximum Gasteiger partial charge on any atom is 0.185 e. The van der Waals surface area contributed by atoms with Crippen LogP contribution in [0.15, 0.2) is 12.3 Å². The molecule has 0 bridgehead atoms. The molecule has 14 heavy (non-hydrogen) atoms. The quantitative estimate of drug-likeness (QED) is 0.703. The molecule has 2 rings (SSSR count). The lowest BCUT2D eigenvalue weighted by molar-refractivity contribution is 0.984. The Balaban J connectivity index is 2.54. The molecule has 2 aromatic rings. The van der Waals surface area contributed by atoms with Crippen molar-refractivity contribution in [1.82, 2.24) is 20.2 Å². The van der Waals surface area contributed by atoms with Gasteiger partial charge in [0.2, 0.25) is 0 Å². The zero-order valence-electron chi connectivity index (χ0n) is 8.07. The molecule has 0 aliphatic carbocycles. The summed E-state index contributed by atoms with van der Waals surface area (Å²) in [5.74, 6) is 0.945. The van der Waals surface area contributed by atoms with E-state index in [2.05, 4.69) is 20.2 Å². The van der Waals surface area contributed by atoms with Crippen LogP contribution in [0.4, 0.5) is 5.82 Å². The molecule has 72 valence electrons. The third kappa shape index (κ3) is 1.44. The Morgan fingerprint density at radius 3 is 2.71 bits per heavy atom. The highest BCUT2D eigenvalue weighted by Crippen LogP contribution is 2.20. The maximum atomic E-state index is 5.53. The zero-order chi connectivity index (χ0) is 10.1. The normalized spacial score (nSPS) is 10.4. The first-order valence-corrected chi connectivity index (χ1v) is 4.28. The van der Waals surface area contributed by atoms with Crippen LogP contribution >= 0.6 is 0 Å². The van der Waals surface area contributed by atoms with Gasteiger partial charge in [0, 0.05) is 17.0 Å². The van der Waals surface area contributed by atoms with E-state index in [1.54, 1.807) is 0 Å². The fourth-order valence-electron chi connectivity index (χ4n) is 1.39. The zero-order valence-corrected chi connectivity index (χ0v) is 8.07. The summed E-state index contributed by atoms with van der Waals surface area (Å²) < 4.78 is 0. The number of hydrogen-bond acceptors (Lipinski definition) is 4. The van der Waals surface area contributed by atoms with Gasteiger partial charge in [-0.25, -0.2) is 4.98 Å². The van der Waals surface area contributed by atoms with Gasteiger partial charge < -0.3 is 10.7 Å². The SMILES string of the molecule is Cc1cc(-c2nncc(N)n2)c(C)[nH]1. The predicted molar refractivity (Wildman–Crippen MR) is 53.5 cm³/mol. The van der Waals surface area contributed by atoms with Crippen molar-refractivity contribution in [2.45, 2.75) is 13.8 Å². The van der Waals surface area contributed by atoms with Gasteiger partial charge in [-0.15, -0.1) is 5.10 Å². The second-order valence-electron chi connectivity index (χ2n) is 3.20. The first-order chi connectivity index (χ1) is 6.66. The molecule has 0 spiro atoms. The van der Waals surface area contributed by atoms with Gasteiger partial charge in [-0.2, -0.15) is 5.10 Å². The van der Waals surface area contributed by atoms with Gasteiger partial charge in [0.15, 0.2) is 5.82 Å². The number of anilines is 1. The van der Waals surface area contributed by atoms with Gasteiger partial charge >= 0.3 is 0 Å². The number of nitrogens with one attached hydrogen (secondary N) is 1. The number of H-pyrrole nitrogens is 1. The molecule has 0 aromatic carbocycles. The number of aromatic amines is 1. The molecule has 0 aliphatic heterocycles. The summed E-state index contributed by atoms with van der Waals surface area (Å²) >= 11 is 0. The third-order valence-electron chi connectivity index (χ3n) is 1.97. The van der Waals surface area contributed by atoms with Crippen molar-refractivity contribution in [3.05, 3.63) is 23.7 Å². The number of aromatic nitrogens is 4. The van der Waals surface area contributed by atoms with Crippen LogP contribution in [0, 0.1) is 13.8 Å². The van der Waals surface area contributed by atoms with Crippen LogP contribution in [0.3, 0.4) is 0 Å². The molecule has 0 amide bonds. The molecule has 0 radical (unpaired) electrons. The average molecular weight is 189 g/mol. The summed E-state index contributed by atoms with van der Waals surface area (Å²) in [5, 5.41) is 7.68. The average Bonchev–Trinajstić information content (AvgIpc) is 2.45. The number of hydrogen-bond donors (Lipinski definition) is 2. The molecule has 0 aliphatic rings. The molecule has 0 atom stereocenters. The molecular weight excluding hydrogens is 178 g/mol. The third-order valence-corrected chi connectivity index (χ3v) is 1.97. The van der Waals surface area contributed by atoms with E-state index in [1.807, 2.05) is 19.9 Å². The van der Waals surface area contributed by atoms with Crippen LogP contribution in [0.1, 0.15) is 11.4 Å². The second-order valence-corrected chi connectivity index (χ2v) is 3.20. The Morgan fingerprint density at radius 2 is 2.14 bits per heavy atom. The molecule has 0 unspecified atom stereocenters. The van der Waals surface area contributed by atoms with Crippen molar-refractivity contribution in [1.29, 1.82) is 0 Å². The minimum Gasteiger partial charge on any atom is -0.382 e. The van der Waals surface area contributed by atoms with Crippen molar-refractivity contribution in [2.24, 2.45) is 0 Å². The predicted octanol–water partition coefficient (Wildman–Crippen LogP) is 1.07. The van der Waals surface area contributed by atoms with E-state index >= 15 is 0 Å². The van der Waals surface area contributed by atoms with Crippen molar-refractivity contribution in [2.75, 3.05) is 5.73 Å². The smallest absolute Gasteiger partial charge is 0.185 e. The molecule has 0 saturated heterocycles. The van der Waals surface area contributed by atoms with E-state index in [0.717, 1.165) is 17.0 Å². The highest BCUT2D eigenvalue weighted by Gasteiger charge is 2.08. The van der Waals surface area contributed by atoms with E-state index in [9.17, 15) is 0 Å². The van der Waals surface area contributed by atoms with Crippen LogP contribution in [0.2, 0.25) is 0 Å². The highest BCUT2D eigenvalue weighted by atomic mass is 15.2. The largest absolute Gasteiger partial charge is 0.382 e. The summed E-state index contributed by atoms with van der Waals surface area (Å²) in [6.45, 7) is 3.95. The number of rotatable bonds is 1. The standard InChI is InChI=1S/C9H11N5/c1-5-3-7(6(2)12-5)9-13-8(10)4-11-14-9/h3-4,12H,1-2H3,(H2,10,13,14). The topological polar surface area (TPSA) is 80.5 Å². The summed E-state index contributed by atoms with van der Waals surface area (Å²) in [5.41, 5.74) is 8.57. The fraction of sp³-hybridized carbons (Fsp3) is 0.222. The molecular formula is C9H11N5. The molecule has 5 nitrogen and oxygen atoms in total. The lowest BCUT2D eigenvalue weighted by Gasteiger charge is -1.97. The first kappa shape index (κ1) is 8.68. The van der Waals surface area contributed by atoms with Crippen LogP contribution in [0.25, 0.3) is 11.4 Å². The van der Waals surface area contributed by atoms with Gasteiger partial charge in [0.05, 0.1) is 6.20 Å². The highest BCUT2D eigenvalue weighted by molar-refractivity contribution is 5.59. The van der Waals surface area contributed by atoms with Crippen LogP contribution in [0.5, 0.6) is 0 Å². The van der Waals surface area contributed by atoms with Gasteiger partial charge in [0.25, 0.3) is 0 Å². The van der Waals surface area contributed by atoms with E-state index < -0.39 is 0 Å². The Labute approximate surface area is 81.4 Å². The van der Waals surface area contributed by atoms with Crippen molar-refractivity contribution in [3.63, 3.8) is 0 Å². The Kier molecular flexibility index (Phi) is 1.92. The summed E-state index contributed by atoms with van der Waals surface area (Å²) in [6, 6.07) is 1.98. The van der Waals surface area contributed by atoms with Crippen LogP contribution < -0.4 is 5.73 Å². The molecule has 0 fully saturated rings. The maximum absolute atomic E-state index is 5.53. The Bertz CT molecular complexity index is 460. The van der Waals surface area contributed by atoms with Gasteiger partial charge in [-0.1, -0.05) is 0 Å². The Morgan fingerprint density at radius 1 is 1.36 bits per heavy atom. The molecule has 2 heterocycles. The van der Waals surface area contributed by atoms with E-state index in [1.165, 1.54) is 6.20 Å². The van der Waals surface area contributed by atoms with E-state index in [-0.39, 0.29) is 0 Å². The lowest BCUT2D eigenvalue weighted by Crippen LogP contribution is -1.97. The van der Waals surface area contributed by atoms with Gasteiger partial charge in [-0.05, 0) is 19.9 Å². The number of nitrogen functional groups attached to an aromatic ring is 1. The monoisotopic (exact) mass is 189 g/mol. The lowest BCUT2D eigenvalue weighted by atomic mass is 10.2. The molecule has 0 saturated carbocycles. The van der Waals surface area contributed by atoms with E-state index in [4.69, 9.17) is 5.73 Å². The first-order valence-electron chi connectivity index (χ1n) is 4.28. The summed E-state index contributed by atoms with van der Waals surface area (Å²) in [6.07, 6.45) is 1.43. The summed E-state index contributed by atoms with van der Waals surface area (Å²) in [7, 11) is 0. The number of nitrogens with two attached hydrogens (primary N) is 1. The van der Waals surface area contributed by atoms with Crippen molar-refractivity contribution < 1.29 is 0 Å².